The van der Waals surface area contributed by atoms with Gasteiger partial charge >= 0.3 is 0 Å². The molecule has 1 saturated heterocycles. The van der Waals surface area contributed by atoms with Crippen molar-refractivity contribution in [2.45, 2.75) is 39.2 Å². The zero-order chi connectivity index (χ0) is 12.4. The van der Waals surface area contributed by atoms with Crippen LogP contribution in [0, 0.1) is 19.8 Å². The van der Waals surface area contributed by atoms with Crippen LogP contribution in [-0.2, 0) is 18.2 Å². The Labute approximate surface area is 103 Å². The van der Waals surface area contributed by atoms with E-state index in [0.29, 0.717) is 5.92 Å². The summed E-state index contributed by atoms with van der Waals surface area (Å²) in [6.07, 6.45) is 2.40. The zero-order valence-electron chi connectivity index (χ0n) is 10.9. The van der Waals surface area contributed by atoms with Crippen molar-refractivity contribution in [1.82, 2.24) is 9.78 Å². The second-order valence-electron chi connectivity index (χ2n) is 4.99. The van der Waals surface area contributed by atoms with Crippen LogP contribution in [0.25, 0.3) is 0 Å². The molecule has 1 aliphatic rings. The molecule has 4 heteroatoms. The summed E-state index contributed by atoms with van der Waals surface area (Å²) in [5, 5.41) is 14.7. The van der Waals surface area contributed by atoms with E-state index in [1.807, 2.05) is 18.7 Å². The van der Waals surface area contributed by atoms with Gasteiger partial charge in [0.15, 0.2) is 0 Å². The molecule has 1 N–H and O–H groups in total. The molecule has 0 aromatic carbocycles. The van der Waals surface area contributed by atoms with Gasteiger partial charge in [0.25, 0.3) is 0 Å². The molecular weight excluding hydrogens is 216 g/mol. The van der Waals surface area contributed by atoms with E-state index in [0.717, 1.165) is 43.9 Å². The summed E-state index contributed by atoms with van der Waals surface area (Å²) >= 11 is 0. The van der Waals surface area contributed by atoms with Crippen molar-refractivity contribution in [3.05, 3.63) is 17.0 Å². The first-order valence-corrected chi connectivity index (χ1v) is 6.34. The van der Waals surface area contributed by atoms with E-state index in [4.69, 9.17) is 4.74 Å². The zero-order valence-corrected chi connectivity index (χ0v) is 10.9. The van der Waals surface area contributed by atoms with Crippen LogP contribution in [0.4, 0.5) is 0 Å². The van der Waals surface area contributed by atoms with Crippen LogP contribution in [0.15, 0.2) is 0 Å². The molecule has 0 bridgehead atoms. The van der Waals surface area contributed by atoms with Gasteiger partial charge in [0, 0.05) is 32.4 Å². The Morgan fingerprint density at radius 1 is 1.41 bits per heavy atom. The first kappa shape index (κ1) is 12.6. The molecule has 1 unspecified atom stereocenters. The van der Waals surface area contributed by atoms with Gasteiger partial charge in [0.1, 0.15) is 0 Å². The Hall–Kier alpha value is -0.870. The molecule has 2 heterocycles. The maximum Gasteiger partial charge on any atom is 0.0629 e. The molecule has 1 aliphatic heterocycles. The molecule has 0 spiro atoms. The molecule has 1 aromatic heterocycles. The Bertz CT molecular complexity index is 381. The number of rotatable bonds is 3. The van der Waals surface area contributed by atoms with Crippen molar-refractivity contribution in [1.29, 1.82) is 0 Å². The third kappa shape index (κ3) is 2.69. The lowest BCUT2D eigenvalue weighted by Crippen LogP contribution is -2.29. The number of ether oxygens (including phenoxy) is 1. The summed E-state index contributed by atoms with van der Waals surface area (Å²) in [5.74, 6) is 0.378. The Kier molecular flexibility index (Phi) is 3.84. The molecule has 1 fully saturated rings. The van der Waals surface area contributed by atoms with Gasteiger partial charge in [0.05, 0.1) is 11.8 Å². The second-order valence-corrected chi connectivity index (χ2v) is 4.99. The fourth-order valence-electron chi connectivity index (χ4n) is 2.59. The summed E-state index contributed by atoms with van der Waals surface area (Å²) in [4.78, 5) is 0. The van der Waals surface area contributed by atoms with Crippen LogP contribution >= 0.6 is 0 Å². The molecule has 2 rings (SSSR count). The summed E-state index contributed by atoms with van der Waals surface area (Å²) in [7, 11) is 1.95. The summed E-state index contributed by atoms with van der Waals surface area (Å²) < 4.78 is 7.21. The highest BCUT2D eigenvalue weighted by Gasteiger charge is 2.24. The van der Waals surface area contributed by atoms with E-state index in [2.05, 4.69) is 12.0 Å². The number of aliphatic hydroxyl groups excluding tert-OH is 1. The number of aryl methyl sites for hydroxylation is 2. The van der Waals surface area contributed by atoms with E-state index < -0.39 is 0 Å². The fourth-order valence-corrected chi connectivity index (χ4v) is 2.59. The number of hydrogen-bond donors (Lipinski definition) is 1. The van der Waals surface area contributed by atoms with Gasteiger partial charge in [-0.1, -0.05) is 0 Å². The van der Waals surface area contributed by atoms with Crippen molar-refractivity contribution >= 4 is 0 Å². The minimum atomic E-state index is -0.263. The number of hydrogen-bond acceptors (Lipinski definition) is 3. The lowest BCUT2D eigenvalue weighted by molar-refractivity contribution is 0.00829. The molecular formula is C13H22N2O2. The topological polar surface area (TPSA) is 47.3 Å². The lowest BCUT2D eigenvalue weighted by Gasteiger charge is -2.26. The van der Waals surface area contributed by atoms with E-state index in [1.54, 1.807) is 0 Å². The average molecular weight is 238 g/mol. The molecule has 1 aromatic rings. The Balaban J connectivity index is 2.04. The third-order valence-corrected chi connectivity index (χ3v) is 3.88. The maximum absolute atomic E-state index is 10.3. The van der Waals surface area contributed by atoms with Crippen LogP contribution in [-0.4, -0.2) is 34.2 Å². The predicted molar refractivity (Wildman–Crippen MR) is 65.9 cm³/mol. The first-order chi connectivity index (χ1) is 8.09. The van der Waals surface area contributed by atoms with Crippen molar-refractivity contribution in [3.8, 4) is 0 Å². The third-order valence-electron chi connectivity index (χ3n) is 3.88. The lowest BCUT2D eigenvalue weighted by atomic mass is 9.89. The molecule has 96 valence electrons. The average Bonchev–Trinajstić information content (AvgIpc) is 2.57. The molecule has 17 heavy (non-hydrogen) atoms. The molecule has 0 saturated carbocycles. The highest BCUT2D eigenvalue weighted by Crippen LogP contribution is 2.23. The molecule has 1 atom stereocenters. The number of aromatic nitrogens is 2. The van der Waals surface area contributed by atoms with Gasteiger partial charge in [-0.25, -0.2) is 0 Å². The normalized spacial score (nSPS) is 19.5. The molecule has 4 nitrogen and oxygen atoms in total. The van der Waals surface area contributed by atoms with Crippen molar-refractivity contribution < 1.29 is 9.84 Å². The van der Waals surface area contributed by atoms with E-state index in [-0.39, 0.29) is 6.10 Å². The highest BCUT2D eigenvalue weighted by molar-refractivity contribution is 5.25. The number of aliphatic hydroxyl groups is 1. The SMILES string of the molecule is Cc1nn(C)c(C)c1CC(O)C1CCOCC1. The van der Waals surface area contributed by atoms with Gasteiger partial charge in [-0.2, -0.15) is 5.10 Å². The maximum atomic E-state index is 10.3. The first-order valence-electron chi connectivity index (χ1n) is 6.34. The van der Waals surface area contributed by atoms with E-state index in [1.165, 1.54) is 5.56 Å². The van der Waals surface area contributed by atoms with E-state index in [9.17, 15) is 5.11 Å². The van der Waals surface area contributed by atoms with Crippen molar-refractivity contribution in [2.24, 2.45) is 13.0 Å². The minimum absolute atomic E-state index is 0.263. The Morgan fingerprint density at radius 2 is 2.06 bits per heavy atom. The van der Waals surface area contributed by atoms with Crippen LogP contribution in [0.3, 0.4) is 0 Å². The Morgan fingerprint density at radius 3 is 2.59 bits per heavy atom. The summed E-state index contributed by atoms with van der Waals surface area (Å²) in [6, 6.07) is 0. The largest absolute Gasteiger partial charge is 0.392 e. The monoisotopic (exact) mass is 238 g/mol. The second kappa shape index (κ2) is 5.19. The van der Waals surface area contributed by atoms with Crippen LogP contribution in [0.2, 0.25) is 0 Å². The predicted octanol–water partition coefficient (Wildman–Crippen LogP) is 1.37. The van der Waals surface area contributed by atoms with Gasteiger partial charge in [-0.15, -0.1) is 0 Å². The van der Waals surface area contributed by atoms with Crippen LogP contribution in [0.1, 0.15) is 29.8 Å². The van der Waals surface area contributed by atoms with Crippen LogP contribution in [0.5, 0.6) is 0 Å². The molecule has 0 radical (unpaired) electrons. The standard InChI is InChI=1S/C13H22N2O2/c1-9-12(10(2)15(3)14-9)8-13(16)11-4-6-17-7-5-11/h11,13,16H,4-8H2,1-3H3. The van der Waals surface area contributed by atoms with Crippen molar-refractivity contribution in [2.75, 3.05) is 13.2 Å². The quantitative estimate of drug-likeness (QED) is 0.865. The number of nitrogens with zero attached hydrogens (tertiary/aromatic N) is 2. The van der Waals surface area contributed by atoms with Gasteiger partial charge < -0.3 is 9.84 Å². The van der Waals surface area contributed by atoms with Gasteiger partial charge in [-0.3, -0.25) is 4.68 Å². The summed E-state index contributed by atoms with van der Waals surface area (Å²) in [5.41, 5.74) is 3.40. The van der Waals surface area contributed by atoms with E-state index >= 15 is 0 Å². The fraction of sp³-hybridized carbons (Fsp3) is 0.769. The molecule has 0 amide bonds. The smallest absolute Gasteiger partial charge is 0.0629 e. The van der Waals surface area contributed by atoms with Crippen LogP contribution < -0.4 is 0 Å². The van der Waals surface area contributed by atoms with Gasteiger partial charge in [0.2, 0.25) is 0 Å². The van der Waals surface area contributed by atoms with Gasteiger partial charge in [-0.05, 0) is 38.2 Å². The minimum Gasteiger partial charge on any atom is -0.392 e. The molecule has 0 aliphatic carbocycles. The highest BCUT2D eigenvalue weighted by atomic mass is 16.5. The van der Waals surface area contributed by atoms with Crippen molar-refractivity contribution in [3.63, 3.8) is 0 Å². The summed E-state index contributed by atoms with van der Waals surface area (Å²) in [6.45, 7) is 5.64.